The summed E-state index contributed by atoms with van der Waals surface area (Å²) < 4.78 is 0. The van der Waals surface area contributed by atoms with Crippen LogP contribution in [0.25, 0.3) is 0 Å². The summed E-state index contributed by atoms with van der Waals surface area (Å²) >= 11 is 5.82. The van der Waals surface area contributed by atoms with Crippen LogP contribution in [-0.4, -0.2) is 23.7 Å². The van der Waals surface area contributed by atoms with Gasteiger partial charge in [0, 0.05) is 24.4 Å². The van der Waals surface area contributed by atoms with Crippen LogP contribution >= 0.6 is 11.6 Å². The number of aliphatic hydroxyl groups is 1. The highest BCUT2D eigenvalue weighted by molar-refractivity contribution is 6.30. The Bertz CT molecular complexity index is 584. The molecule has 22 heavy (non-hydrogen) atoms. The highest BCUT2D eigenvalue weighted by atomic mass is 35.5. The van der Waals surface area contributed by atoms with Crippen LogP contribution in [0.15, 0.2) is 54.6 Å². The largest absolute Gasteiger partial charge is 0.391 e. The van der Waals surface area contributed by atoms with Crippen LogP contribution in [0.1, 0.15) is 17.5 Å². The van der Waals surface area contributed by atoms with Gasteiger partial charge in [0.1, 0.15) is 0 Å². The van der Waals surface area contributed by atoms with Gasteiger partial charge < -0.3 is 10.4 Å². The van der Waals surface area contributed by atoms with Crippen molar-refractivity contribution in [3.8, 4) is 0 Å². The van der Waals surface area contributed by atoms with Crippen LogP contribution in [-0.2, 0) is 17.6 Å². The van der Waals surface area contributed by atoms with E-state index >= 15 is 0 Å². The van der Waals surface area contributed by atoms with Gasteiger partial charge in [0.15, 0.2) is 0 Å². The van der Waals surface area contributed by atoms with Crippen LogP contribution in [0.5, 0.6) is 0 Å². The number of aliphatic hydroxyl groups excluding tert-OH is 1. The van der Waals surface area contributed by atoms with Gasteiger partial charge in [-0.2, -0.15) is 0 Å². The van der Waals surface area contributed by atoms with Crippen molar-refractivity contribution in [1.82, 2.24) is 5.32 Å². The van der Waals surface area contributed by atoms with Gasteiger partial charge in [-0.1, -0.05) is 54.1 Å². The minimum atomic E-state index is -0.568. The first-order valence-electron chi connectivity index (χ1n) is 7.36. The lowest BCUT2D eigenvalue weighted by Gasteiger charge is -2.12. The molecule has 2 aromatic rings. The van der Waals surface area contributed by atoms with Crippen molar-refractivity contribution in [2.45, 2.75) is 25.4 Å². The van der Waals surface area contributed by atoms with E-state index in [-0.39, 0.29) is 12.5 Å². The summed E-state index contributed by atoms with van der Waals surface area (Å²) in [6, 6.07) is 17.2. The number of aryl methyl sites for hydroxylation is 1. The van der Waals surface area contributed by atoms with Crippen LogP contribution < -0.4 is 5.32 Å². The van der Waals surface area contributed by atoms with Crippen molar-refractivity contribution in [3.63, 3.8) is 0 Å². The Hall–Kier alpha value is -1.84. The van der Waals surface area contributed by atoms with Crippen LogP contribution in [0.3, 0.4) is 0 Å². The molecule has 2 rings (SSSR count). The zero-order chi connectivity index (χ0) is 15.8. The number of benzene rings is 2. The van der Waals surface area contributed by atoms with E-state index in [9.17, 15) is 9.90 Å². The number of halogens is 1. The standard InChI is InChI=1S/C18H20ClNO2/c19-16-9-6-14(7-10-16)8-11-18(22)20-13-17(21)12-15-4-2-1-3-5-15/h1-7,9-10,17,21H,8,11-13H2,(H,20,22). The maximum absolute atomic E-state index is 11.8. The summed E-state index contributed by atoms with van der Waals surface area (Å²) in [6.07, 6.45) is 1.04. The smallest absolute Gasteiger partial charge is 0.220 e. The van der Waals surface area contributed by atoms with E-state index in [1.54, 1.807) is 0 Å². The van der Waals surface area contributed by atoms with Gasteiger partial charge in [0.2, 0.25) is 5.91 Å². The third kappa shape index (κ3) is 5.88. The lowest BCUT2D eigenvalue weighted by Crippen LogP contribution is -2.33. The van der Waals surface area contributed by atoms with Gasteiger partial charge in [-0.3, -0.25) is 4.79 Å². The predicted octanol–water partition coefficient (Wildman–Crippen LogP) is 2.99. The summed E-state index contributed by atoms with van der Waals surface area (Å²) in [6.45, 7) is 0.272. The third-order valence-electron chi connectivity index (χ3n) is 3.40. The molecule has 3 nitrogen and oxygen atoms in total. The summed E-state index contributed by atoms with van der Waals surface area (Å²) in [5.41, 5.74) is 2.13. The van der Waals surface area contributed by atoms with E-state index in [4.69, 9.17) is 11.6 Å². The molecule has 1 amide bonds. The molecule has 0 fully saturated rings. The molecule has 0 heterocycles. The van der Waals surface area contributed by atoms with E-state index in [1.165, 1.54) is 0 Å². The minimum absolute atomic E-state index is 0.0536. The van der Waals surface area contributed by atoms with Gasteiger partial charge >= 0.3 is 0 Å². The second-order valence-corrected chi connectivity index (χ2v) is 5.71. The summed E-state index contributed by atoms with van der Waals surface area (Å²) in [7, 11) is 0. The minimum Gasteiger partial charge on any atom is -0.391 e. The molecule has 2 N–H and O–H groups in total. The molecule has 0 aliphatic rings. The van der Waals surface area contributed by atoms with E-state index in [0.29, 0.717) is 24.3 Å². The Kier molecular flexibility index (Phi) is 6.44. The van der Waals surface area contributed by atoms with Crippen molar-refractivity contribution in [3.05, 3.63) is 70.7 Å². The number of carbonyl (C=O) groups excluding carboxylic acids is 1. The number of amides is 1. The molecule has 0 aromatic heterocycles. The van der Waals surface area contributed by atoms with Crippen molar-refractivity contribution in [2.75, 3.05) is 6.54 Å². The van der Waals surface area contributed by atoms with Crippen molar-refractivity contribution < 1.29 is 9.90 Å². The molecule has 0 spiro atoms. The van der Waals surface area contributed by atoms with E-state index in [1.807, 2.05) is 54.6 Å². The predicted molar refractivity (Wildman–Crippen MR) is 88.9 cm³/mol. The Balaban J connectivity index is 1.67. The van der Waals surface area contributed by atoms with Gasteiger partial charge in [-0.25, -0.2) is 0 Å². The highest BCUT2D eigenvalue weighted by Crippen LogP contribution is 2.10. The lowest BCUT2D eigenvalue weighted by atomic mass is 10.1. The Labute approximate surface area is 135 Å². The average molecular weight is 318 g/mol. The normalized spacial score (nSPS) is 11.9. The monoisotopic (exact) mass is 317 g/mol. The molecule has 0 bridgehead atoms. The molecular formula is C18H20ClNO2. The van der Waals surface area contributed by atoms with Crippen LogP contribution in [0.2, 0.25) is 5.02 Å². The molecule has 1 unspecified atom stereocenters. The number of nitrogens with one attached hydrogen (secondary N) is 1. The van der Waals surface area contributed by atoms with Gasteiger partial charge in [-0.15, -0.1) is 0 Å². The molecule has 0 saturated carbocycles. The van der Waals surface area contributed by atoms with Crippen LogP contribution in [0, 0.1) is 0 Å². The highest BCUT2D eigenvalue weighted by Gasteiger charge is 2.08. The number of hydrogen-bond acceptors (Lipinski definition) is 2. The maximum atomic E-state index is 11.8. The van der Waals surface area contributed by atoms with E-state index in [2.05, 4.69) is 5.32 Å². The Morgan fingerprint density at radius 3 is 2.41 bits per heavy atom. The average Bonchev–Trinajstić information content (AvgIpc) is 2.53. The van der Waals surface area contributed by atoms with E-state index in [0.717, 1.165) is 11.1 Å². The summed E-state index contributed by atoms with van der Waals surface area (Å²) in [5.74, 6) is -0.0536. The van der Waals surface area contributed by atoms with Crippen LogP contribution in [0.4, 0.5) is 0 Å². The lowest BCUT2D eigenvalue weighted by molar-refractivity contribution is -0.121. The topological polar surface area (TPSA) is 49.3 Å². The van der Waals surface area contributed by atoms with Gasteiger partial charge in [-0.05, 0) is 29.7 Å². The molecule has 116 valence electrons. The molecule has 4 heteroatoms. The number of carbonyl (C=O) groups is 1. The second kappa shape index (κ2) is 8.57. The first-order valence-corrected chi connectivity index (χ1v) is 7.74. The molecule has 1 atom stereocenters. The van der Waals surface area contributed by atoms with Gasteiger partial charge in [0.25, 0.3) is 0 Å². The SMILES string of the molecule is O=C(CCc1ccc(Cl)cc1)NCC(O)Cc1ccccc1. The number of hydrogen-bond donors (Lipinski definition) is 2. The van der Waals surface area contributed by atoms with Crippen molar-refractivity contribution in [2.24, 2.45) is 0 Å². The summed E-state index contributed by atoms with van der Waals surface area (Å²) in [5, 5.41) is 13.4. The first kappa shape index (κ1) is 16.5. The quantitative estimate of drug-likeness (QED) is 0.825. The second-order valence-electron chi connectivity index (χ2n) is 5.27. The zero-order valence-electron chi connectivity index (χ0n) is 12.3. The Morgan fingerprint density at radius 2 is 1.73 bits per heavy atom. The maximum Gasteiger partial charge on any atom is 0.220 e. The molecule has 0 aliphatic heterocycles. The molecule has 0 aliphatic carbocycles. The fraction of sp³-hybridized carbons (Fsp3) is 0.278. The van der Waals surface area contributed by atoms with Crippen molar-refractivity contribution >= 4 is 17.5 Å². The van der Waals surface area contributed by atoms with Gasteiger partial charge in [0.05, 0.1) is 6.10 Å². The molecule has 2 aromatic carbocycles. The molecule has 0 saturated heterocycles. The first-order chi connectivity index (χ1) is 10.6. The number of rotatable bonds is 7. The molecular weight excluding hydrogens is 298 g/mol. The van der Waals surface area contributed by atoms with E-state index < -0.39 is 6.10 Å². The molecule has 0 radical (unpaired) electrons. The fourth-order valence-corrected chi connectivity index (χ4v) is 2.31. The fourth-order valence-electron chi connectivity index (χ4n) is 2.19. The Morgan fingerprint density at radius 1 is 1.05 bits per heavy atom. The van der Waals surface area contributed by atoms with Crippen molar-refractivity contribution in [1.29, 1.82) is 0 Å². The zero-order valence-corrected chi connectivity index (χ0v) is 13.1. The summed E-state index contributed by atoms with van der Waals surface area (Å²) in [4.78, 5) is 11.8. The third-order valence-corrected chi connectivity index (χ3v) is 3.65.